The van der Waals surface area contributed by atoms with Gasteiger partial charge in [0.25, 0.3) is 0 Å². The zero-order valence-electron chi connectivity index (χ0n) is 11.6. The number of benzene rings is 1. The number of hydrogen-bond acceptors (Lipinski definition) is 3. The van der Waals surface area contributed by atoms with Crippen molar-refractivity contribution in [3.63, 3.8) is 0 Å². The summed E-state index contributed by atoms with van der Waals surface area (Å²) in [5, 5.41) is 1.13. The van der Waals surface area contributed by atoms with E-state index in [0.717, 1.165) is 48.2 Å². The largest absolute Gasteiger partial charge is 0.461 e. The summed E-state index contributed by atoms with van der Waals surface area (Å²) < 4.78 is 11.8. The van der Waals surface area contributed by atoms with Crippen LogP contribution in [0.1, 0.15) is 44.1 Å². The van der Waals surface area contributed by atoms with Crippen molar-refractivity contribution in [3.8, 4) is 0 Å². The number of hydrogen-bond donors (Lipinski definition) is 1. The fraction of sp³-hybridized carbons (Fsp3) is 0.500. The van der Waals surface area contributed by atoms with E-state index in [-0.39, 0.29) is 11.6 Å². The first-order valence-electron chi connectivity index (χ1n) is 7.05. The highest BCUT2D eigenvalue weighted by atomic mass is 16.5. The summed E-state index contributed by atoms with van der Waals surface area (Å²) in [6, 6.07) is 7.99. The maximum absolute atomic E-state index is 6.54. The Labute approximate surface area is 113 Å². The Morgan fingerprint density at radius 2 is 2.16 bits per heavy atom. The van der Waals surface area contributed by atoms with E-state index in [2.05, 4.69) is 19.9 Å². The summed E-state index contributed by atoms with van der Waals surface area (Å²) >= 11 is 0. The molecule has 0 saturated carbocycles. The number of ether oxygens (including phenoxy) is 1. The minimum atomic E-state index is -0.267. The molecule has 0 bridgehead atoms. The molecule has 1 aliphatic heterocycles. The fourth-order valence-corrected chi connectivity index (χ4v) is 3.07. The molecule has 1 aliphatic rings. The van der Waals surface area contributed by atoms with E-state index in [0.29, 0.717) is 0 Å². The summed E-state index contributed by atoms with van der Waals surface area (Å²) in [5.74, 6) is 0.991. The van der Waals surface area contributed by atoms with Crippen molar-refractivity contribution in [2.75, 3.05) is 6.61 Å². The molecule has 2 aromatic rings. The number of fused-ring (bicyclic) bond motifs is 1. The molecular weight excluding hydrogens is 238 g/mol. The molecule has 1 fully saturated rings. The van der Waals surface area contributed by atoms with Crippen LogP contribution < -0.4 is 5.73 Å². The van der Waals surface area contributed by atoms with Crippen molar-refractivity contribution in [1.82, 2.24) is 0 Å². The van der Waals surface area contributed by atoms with Crippen molar-refractivity contribution >= 4 is 11.0 Å². The zero-order chi connectivity index (χ0) is 13.5. The van der Waals surface area contributed by atoms with E-state index in [9.17, 15) is 0 Å². The third-order valence-electron chi connectivity index (χ3n) is 4.25. The van der Waals surface area contributed by atoms with Crippen molar-refractivity contribution in [2.45, 2.75) is 44.8 Å². The third-order valence-corrected chi connectivity index (χ3v) is 4.25. The van der Waals surface area contributed by atoms with Gasteiger partial charge in [0.15, 0.2) is 0 Å². The van der Waals surface area contributed by atoms with Crippen molar-refractivity contribution in [2.24, 2.45) is 5.73 Å². The monoisotopic (exact) mass is 259 g/mol. The predicted molar refractivity (Wildman–Crippen MR) is 76.1 cm³/mol. The van der Waals surface area contributed by atoms with E-state index in [1.807, 2.05) is 18.2 Å². The molecule has 1 aromatic carbocycles. The van der Waals surface area contributed by atoms with Crippen LogP contribution in [0.3, 0.4) is 0 Å². The normalized spacial score (nSPS) is 25.0. The van der Waals surface area contributed by atoms with Crippen LogP contribution in [0, 0.1) is 0 Å². The molecule has 3 nitrogen and oxygen atoms in total. The van der Waals surface area contributed by atoms with Gasteiger partial charge in [-0.15, -0.1) is 0 Å². The van der Waals surface area contributed by atoms with Gasteiger partial charge in [0.05, 0.1) is 11.6 Å². The van der Waals surface area contributed by atoms with Gasteiger partial charge in [-0.25, -0.2) is 0 Å². The molecule has 2 unspecified atom stereocenters. The fourth-order valence-electron chi connectivity index (χ4n) is 3.07. The van der Waals surface area contributed by atoms with E-state index in [1.165, 1.54) is 0 Å². The average molecular weight is 259 g/mol. The van der Waals surface area contributed by atoms with E-state index in [1.54, 1.807) is 0 Å². The summed E-state index contributed by atoms with van der Waals surface area (Å²) in [6.45, 7) is 5.03. The molecule has 1 saturated heterocycles. The lowest BCUT2D eigenvalue weighted by atomic mass is 9.86. The van der Waals surface area contributed by atoms with Gasteiger partial charge in [-0.3, -0.25) is 0 Å². The summed E-state index contributed by atoms with van der Waals surface area (Å²) in [4.78, 5) is 0. The predicted octanol–water partition coefficient (Wildman–Crippen LogP) is 3.56. The number of rotatable bonds is 3. The topological polar surface area (TPSA) is 48.4 Å². The Bertz CT molecular complexity index is 581. The van der Waals surface area contributed by atoms with Gasteiger partial charge in [-0.05, 0) is 25.8 Å². The smallest absolute Gasteiger partial charge is 0.134 e. The highest BCUT2D eigenvalue weighted by Gasteiger charge is 2.39. The SMILES string of the molecule is CCc1oc2ccccc2c1C(N)C1(C)CCCO1. The molecule has 0 aliphatic carbocycles. The molecule has 0 spiro atoms. The van der Waals surface area contributed by atoms with E-state index < -0.39 is 0 Å². The van der Waals surface area contributed by atoms with Crippen LogP contribution in [0.4, 0.5) is 0 Å². The van der Waals surface area contributed by atoms with Crippen LogP contribution >= 0.6 is 0 Å². The summed E-state index contributed by atoms with van der Waals surface area (Å²) in [6.07, 6.45) is 2.95. The molecule has 2 N–H and O–H groups in total. The van der Waals surface area contributed by atoms with Crippen LogP contribution in [0.2, 0.25) is 0 Å². The lowest BCUT2D eigenvalue weighted by molar-refractivity contribution is -0.00184. The lowest BCUT2D eigenvalue weighted by Gasteiger charge is -2.30. The maximum Gasteiger partial charge on any atom is 0.134 e. The van der Waals surface area contributed by atoms with Crippen LogP contribution in [-0.2, 0) is 11.2 Å². The molecule has 3 heteroatoms. The molecule has 2 atom stereocenters. The first-order chi connectivity index (χ1) is 9.15. The van der Waals surface area contributed by atoms with Gasteiger partial charge in [0, 0.05) is 24.0 Å². The highest BCUT2D eigenvalue weighted by Crippen LogP contribution is 2.40. The van der Waals surface area contributed by atoms with Gasteiger partial charge in [-0.2, -0.15) is 0 Å². The van der Waals surface area contributed by atoms with E-state index in [4.69, 9.17) is 14.9 Å². The van der Waals surface area contributed by atoms with Gasteiger partial charge in [-0.1, -0.05) is 25.1 Å². The summed E-state index contributed by atoms with van der Waals surface area (Å²) in [7, 11) is 0. The minimum Gasteiger partial charge on any atom is -0.461 e. The molecular formula is C16H21NO2. The van der Waals surface area contributed by atoms with Crippen LogP contribution in [0.5, 0.6) is 0 Å². The standard InChI is InChI=1S/C16H21NO2/c1-3-12-14(11-7-4-5-8-13(11)19-12)15(17)16(2)9-6-10-18-16/h4-5,7-8,15H,3,6,9-10,17H2,1-2H3. The lowest BCUT2D eigenvalue weighted by Crippen LogP contribution is -2.38. The quantitative estimate of drug-likeness (QED) is 0.916. The second kappa shape index (κ2) is 4.66. The van der Waals surface area contributed by atoms with Crippen LogP contribution in [-0.4, -0.2) is 12.2 Å². The number of aryl methyl sites for hydroxylation is 1. The number of furan rings is 1. The van der Waals surface area contributed by atoms with Crippen molar-refractivity contribution in [1.29, 1.82) is 0 Å². The second-order valence-electron chi connectivity index (χ2n) is 5.53. The number of nitrogens with two attached hydrogens (primary N) is 1. The molecule has 1 aromatic heterocycles. The Morgan fingerprint density at radius 1 is 1.37 bits per heavy atom. The Hall–Kier alpha value is -1.32. The maximum atomic E-state index is 6.54. The van der Waals surface area contributed by atoms with Gasteiger partial charge in [0.1, 0.15) is 11.3 Å². The highest BCUT2D eigenvalue weighted by molar-refractivity contribution is 5.83. The molecule has 19 heavy (non-hydrogen) atoms. The van der Waals surface area contributed by atoms with Crippen molar-refractivity contribution in [3.05, 3.63) is 35.6 Å². The van der Waals surface area contributed by atoms with E-state index >= 15 is 0 Å². The Balaban J connectivity index is 2.12. The molecule has 0 amide bonds. The first kappa shape index (κ1) is 12.7. The third kappa shape index (κ3) is 1.97. The molecule has 102 valence electrons. The Kier molecular flexibility index (Phi) is 3.11. The van der Waals surface area contributed by atoms with Crippen LogP contribution in [0.15, 0.2) is 28.7 Å². The minimum absolute atomic E-state index is 0.131. The first-order valence-corrected chi connectivity index (χ1v) is 7.05. The molecule has 2 heterocycles. The number of para-hydroxylation sites is 1. The van der Waals surface area contributed by atoms with Gasteiger partial charge >= 0.3 is 0 Å². The van der Waals surface area contributed by atoms with Crippen LogP contribution in [0.25, 0.3) is 11.0 Å². The van der Waals surface area contributed by atoms with Gasteiger partial charge < -0.3 is 14.9 Å². The molecule has 0 radical (unpaired) electrons. The molecule has 3 rings (SSSR count). The van der Waals surface area contributed by atoms with Crippen molar-refractivity contribution < 1.29 is 9.15 Å². The Morgan fingerprint density at radius 3 is 2.84 bits per heavy atom. The van der Waals surface area contributed by atoms with Gasteiger partial charge in [0.2, 0.25) is 0 Å². The second-order valence-corrected chi connectivity index (χ2v) is 5.53. The summed E-state index contributed by atoms with van der Waals surface area (Å²) in [5.41, 5.74) is 8.32. The average Bonchev–Trinajstić information content (AvgIpc) is 3.02. The zero-order valence-corrected chi connectivity index (χ0v) is 11.6.